The van der Waals surface area contributed by atoms with Gasteiger partial charge in [0, 0.05) is 19.1 Å². The standard InChI is InChI=1S/C16H23ClN2O2/c1-12(18)10-13-6-5-7-14(17)16(13)21-11-15(20)19-8-3-2-4-9-19/h5-7,12H,2-4,8-11,18H2,1H3. The Morgan fingerprint density at radius 1 is 1.38 bits per heavy atom. The molecule has 1 heterocycles. The summed E-state index contributed by atoms with van der Waals surface area (Å²) in [4.78, 5) is 14.0. The second kappa shape index (κ2) is 7.66. The Morgan fingerprint density at radius 3 is 2.76 bits per heavy atom. The number of amides is 1. The van der Waals surface area contributed by atoms with E-state index in [9.17, 15) is 4.79 Å². The van der Waals surface area contributed by atoms with E-state index >= 15 is 0 Å². The first-order chi connectivity index (χ1) is 10.1. The fourth-order valence-corrected chi connectivity index (χ4v) is 2.84. The van der Waals surface area contributed by atoms with E-state index in [-0.39, 0.29) is 18.6 Å². The van der Waals surface area contributed by atoms with Crippen molar-refractivity contribution in [1.82, 2.24) is 4.90 Å². The van der Waals surface area contributed by atoms with Gasteiger partial charge in [0.05, 0.1) is 5.02 Å². The van der Waals surface area contributed by atoms with Crippen LogP contribution in [0.2, 0.25) is 5.02 Å². The molecule has 1 aromatic rings. The molecule has 1 saturated heterocycles. The van der Waals surface area contributed by atoms with Crippen LogP contribution in [0.1, 0.15) is 31.7 Å². The average molecular weight is 311 g/mol. The topological polar surface area (TPSA) is 55.6 Å². The molecule has 1 fully saturated rings. The largest absolute Gasteiger partial charge is 0.482 e. The van der Waals surface area contributed by atoms with E-state index in [1.165, 1.54) is 6.42 Å². The minimum absolute atomic E-state index is 0.0172. The zero-order valence-corrected chi connectivity index (χ0v) is 13.2. The first-order valence-corrected chi connectivity index (χ1v) is 7.89. The van der Waals surface area contributed by atoms with E-state index in [2.05, 4.69) is 0 Å². The first-order valence-electron chi connectivity index (χ1n) is 7.51. The van der Waals surface area contributed by atoms with E-state index < -0.39 is 0 Å². The summed E-state index contributed by atoms with van der Waals surface area (Å²) in [6.07, 6.45) is 4.03. The molecule has 0 spiro atoms. The van der Waals surface area contributed by atoms with Crippen molar-refractivity contribution in [3.05, 3.63) is 28.8 Å². The predicted molar refractivity (Wildman–Crippen MR) is 84.7 cm³/mol. The second-order valence-electron chi connectivity index (χ2n) is 5.64. The second-order valence-corrected chi connectivity index (χ2v) is 6.05. The number of hydrogen-bond acceptors (Lipinski definition) is 3. The maximum absolute atomic E-state index is 12.1. The van der Waals surface area contributed by atoms with Gasteiger partial charge in [-0.15, -0.1) is 0 Å². The number of nitrogens with zero attached hydrogens (tertiary/aromatic N) is 1. The highest BCUT2D eigenvalue weighted by atomic mass is 35.5. The highest BCUT2D eigenvalue weighted by Gasteiger charge is 2.18. The molecule has 1 aliphatic rings. The van der Waals surface area contributed by atoms with Gasteiger partial charge in [-0.3, -0.25) is 4.79 Å². The van der Waals surface area contributed by atoms with Crippen molar-refractivity contribution in [3.63, 3.8) is 0 Å². The highest BCUT2D eigenvalue weighted by molar-refractivity contribution is 6.32. The van der Waals surface area contributed by atoms with Gasteiger partial charge in [0.2, 0.25) is 0 Å². The van der Waals surface area contributed by atoms with Crippen LogP contribution in [0.3, 0.4) is 0 Å². The zero-order valence-electron chi connectivity index (χ0n) is 12.5. The molecule has 1 aromatic carbocycles. The number of likely N-dealkylation sites (tertiary alicyclic amines) is 1. The lowest BCUT2D eigenvalue weighted by Gasteiger charge is -2.26. The van der Waals surface area contributed by atoms with Gasteiger partial charge in [0.1, 0.15) is 5.75 Å². The summed E-state index contributed by atoms with van der Waals surface area (Å²) < 4.78 is 5.71. The molecular weight excluding hydrogens is 288 g/mol. The zero-order chi connectivity index (χ0) is 15.2. The molecule has 0 aromatic heterocycles. The fourth-order valence-electron chi connectivity index (χ4n) is 2.59. The molecule has 21 heavy (non-hydrogen) atoms. The summed E-state index contributed by atoms with van der Waals surface area (Å²) in [6, 6.07) is 5.60. The van der Waals surface area contributed by atoms with Gasteiger partial charge < -0.3 is 15.4 Å². The van der Waals surface area contributed by atoms with Crippen molar-refractivity contribution in [2.75, 3.05) is 19.7 Å². The van der Waals surface area contributed by atoms with Crippen LogP contribution in [0.15, 0.2) is 18.2 Å². The molecule has 0 aliphatic carbocycles. The predicted octanol–water partition coefficient (Wildman–Crippen LogP) is 2.62. The van der Waals surface area contributed by atoms with E-state index in [1.807, 2.05) is 24.0 Å². The number of carbonyl (C=O) groups is 1. The molecule has 0 saturated carbocycles. The van der Waals surface area contributed by atoms with Crippen LogP contribution >= 0.6 is 11.6 Å². The van der Waals surface area contributed by atoms with Crippen LogP contribution in [0.4, 0.5) is 0 Å². The molecule has 1 aliphatic heterocycles. The normalized spacial score (nSPS) is 16.6. The first kappa shape index (κ1) is 16.1. The number of piperidine rings is 1. The number of benzene rings is 1. The van der Waals surface area contributed by atoms with Crippen LogP contribution in [0.5, 0.6) is 5.75 Å². The average Bonchev–Trinajstić information content (AvgIpc) is 2.46. The summed E-state index contributed by atoms with van der Waals surface area (Å²) >= 11 is 6.19. The SMILES string of the molecule is CC(N)Cc1cccc(Cl)c1OCC(=O)N1CCCCC1. The Balaban J connectivity index is 2.00. The molecule has 5 heteroatoms. The lowest BCUT2D eigenvalue weighted by molar-refractivity contribution is -0.134. The maximum Gasteiger partial charge on any atom is 0.260 e. The molecule has 2 rings (SSSR count). The molecule has 1 unspecified atom stereocenters. The third kappa shape index (κ3) is 4.61. The van der Waals surface area contributed by atoms with Gasteiger partial charge in [0.15, 0.2) is 6.61 Å². The van der Waals surface area contributed by atoms with Crippen molar-refractivity contribution in [1.29, 1.82) is 0 Å². The van der Waals surface area contributed by atoms with Crippen molar-refractivity contribution in [2.45, 2.75) is 38.6 Å². The Labute approximate surface area is 131 Å². The molecule has 116 valence electrons. The summed E-state index contributed by atoms with van der Waals surface area (Å²) in [5, 5.41) is 0.527. The van der Waals surface area contributed by atoms with E-state index in [0.717, 1.165) is 31.5 Å². The van der Waals surface area contributed by atoms with Crippen molar-refractivity contribution < 1.29 is 9.53 Å². The van der Waals surface area contributed by atoms with Crippen molar-refractivity contribution >= 4 is 17.5 Å². The summed E-state index contributed by atoms with van der Waals surface area (Å²) in [5.74, 6) is 0.614. The Kier molecular flexibility index (Phi) is 5.88. The molecule has 0 bridgehead atoms. The van der Waals surface area contributed by atoms with Crippen molar-refractivity contribution in [3.8, 4) is 5.75 Å². The van der Waals surface area contributed by atoms with E-state index in [1.54, 1.807) is 6.07 Å². The Hall–Kier alpha value is -1.26. The molecule has 1 amide bonds. The minimum Gasteiger partial charge on any atom is -0.482 e. The number of halogens is 1. The molecule has 4 nitrogen and oxygen atoms in total. The molecule has 1 atom stereocenters. The van der Waals surface area contributed by atoms with Crippen LogP contribution in [-0.4, -0.2) is 36.5 Å². The number of ether oxygens (including phenoxy) is 1. The van der Waals surface area contributed by atoms with E-state index in [0.29, 0.717) is 17.2 Å². The van der Waals surface area contributed by atoms with Crippen molar-refractivity contribution in [2.24, 2.45) is 5.73 Å². The fraction of sp³-hybridized carbons (Fsp3) is 0.562. The third-order valence-corrected chi connectivity index (χ3v) is 3.94. The molecule has 0 radical (unpaired) electrons. The van der Waals surface area contributed by atoms with E-state index in [4.69, 9.17) is 22.1 Å². The summed E-state index contributed by atoms with van der Waals surface area (Å²) in [6.45, 7) is 3.63. The number of nitrogens with two attached hydrogens (primary N) is 1. The monoisotopic (exact) mass is 310 g/mol. The molecular formula is C16H23ClN2O2. The Bertz CT molecular complexity index is 485. The van der Waals surface area contributed by atoms with Crippen LogP contribution in [0.25, 0.3) is 0 Å². The lowest BCUT2D eigenvalue weighted by Crippen LogP contribution is -2.38. The number of hydrogen-bond donors (Lipinski definition) is 1. The van der Waals surface area contributed by atoms with Crippen LogP contribution < -0.4 is 10.5 Å². The van der Waals surface area contributed by atoms with Gasteiger partial charge >= 0.3 is 0 Å². The highest BCUT2D eigenvalue weighted by Crippen LogP contribution is 2.29. The Morgan fingerprint density at radius 2 is 2.10 bits per heavy atom. The summed E-state index contributed by atoms with van der Waals surface area (Å²) in [7, 11) is 0. The van der Waals surface area contributed by atoms with Gasteiger partial charge in [-0.2, -0.15) is 0 Å². The van der Waals surface area contributed by atoms with Crippen LogP contribution in [0, 0.1) is 0 Å². The third-order valence-electron chi connectivity index (χ3n) is 3.64. The number of carbonyl (C=O) groups excluding carboxylic acids is 1. The molecule has 2 N–H and O–H groups in total. The van der Waals surface area contributed by atoms with Gasteiger partial charge in [0.25, 0.3) is 5.91 Å². The van der Waals surface area contributed by atoms with Crippen LogP contribution in [-0.2, 0) is 11.2 Å². The van der Waals surface area contributed by atoms with Gasteiger partial charge in [-0.1, -0.05) is 23.7 Å². The summed E-state index contributed by atoms with van der Waals surface area (Å²) in [5.41, 5.74) is 6.79. The number of para-hydroxylation sites is 1. The smallest absolute Gasteiger partial charge is 0.260 e. The lowest BCUT2D eigenvalue weighted by atomic mass is 10.1. The minimum atomic E-state index is 0.0172. The maximum atomic E-state index is 12.1. The van der Waals surface area contributed by atoms with Gasteiger partial charge in [-0.25, -0.2) is 0 Å². The number of rotatable bonds is 5. The quantitative estimate of drug-likeness (QED) is 0.909. The van der Waals surface area contributed by atoms with Gasteiger partial charge in [-0.05, 0) is 44.2 Å².